The topological polar surface area (TPSA) is 120 Å². The van der Waals surface area contributed by atoms with Gasteiger partial charge in [0.2, 0.25) is 0 Å². The molecule has 1 aromatic carbocycles. The molecule has 32 heavy (non-hydrogen) atoms. The summed E-state index contributed by atoms with van der Waals surface area (Å²) in [6, 6.07) is 13.1. The molecule has 9 nitrogen and oxygen atoms in total. The Hall–Kier alpha value is -4.52. The number of carbonyl (C=O) groups excluding carboxylic acids is 1. The van der Waals surface area contributed by atoms with Crippen molar-refractivity contribution >= 4 is 22.9 Å². The fourth-order valence-corrected chi connectivity index (χ4v) is 3.80. The molecule has 1 amide bonds. The Morgan fingerprint density at radius 1 is 1.16 bits per heavy atom. The molecular formula is C22H16FN7O2. The van der Waals surface area contributed by atoms with Gasteiger partial charge in [0.25, 0.3) is 5.91 Å². The van der Waals surface area contributed by atoms with Crippen LogP contribution in [0.1, 0.15) is 21.5 Å². The highest BCUT2D eigenvalue weighted by Gasteiger charge is 2.25. The predicted molar refractivity (Wildman–Crippen MR) is 114 cm³/mol. The smallest absolute Gasteiger partial charge is 0.333 e. The van der Waals surface area contributed by atoms with Crippen LogP contribution in [0.25, 0.3) is 17.0 Å². The standard InChI is InChI=1S/C22H16FN7O2/c23-18-13(11-24)3-1-4-14(18)12-29-10-9-26-21(31)15-6-7-17(27-20(15)29)30-16-5-2-8-25-19(16)28-22(30)32/h1-8H,9-10,12H2,(H,26,31)(H,25,28,32). The van der Waals surface area contributed by atoms with Crippen molar-refractivity contribution in [1.29, 1.82) is 5.26 Å². The molecule has 4 aromatic rings. The Balaban J connectivity index is 1.64. The molecule has 10 heteroatoms. The maximum atomic E-state index is 14.7. The molecule has 2 N–H and O–H groups in total. The van der Waals surface area contributed by atoms with Gasteiger partial charge in [-0.05, 0) is 30.3 Å². The van der Waals surface area contributed by atoms with Gasteiger partial charge in [0.05, 0.1) is 16.6 Å². The molecule has 0 unspecified atom stereocenters. The van der Waals surface area contributed by atoms with E-state index in [-0.39, 0.29) is 18.0 Å². The number of amides is 1. The van der Waals surface area contributed by atoms with Crippen molar-refractivity contribution in [3.05, 3.63) is 81.7 Å². The van der Waals surface area contributed by atoms with E-state index >= 15 is 0 Å². The molecule has 0 atom stereocenters. The second kappa shape index (κ2) is 7.63. The second-order valence-corrected chi connectivity index (χ2v) is 7.25. The zero-order valence-electron chi connectivity index (χ0n) is 16.7. The van der Waals surface area contributed by atoms with Crippen molar-refractivity contribution in [2.75, 3.05) is 18.0 Å². The van der Waals surface area contributed by atoms with Crippen molar-refractivity contribution in [2.24, 2.45) is 0 Å². The van der Waals surface area contributed by atoms with Gasteiger partial charge in [-0.3, -0.25) is 9.78 Å². The molecule has 0 saturated heterocycles. The van der Waals surface area contributed by atoms with Crippen LogP contribution in [0.3, 0.4) is 0 Å². The van der Waals surface area contributed by atoms with Gasteiger partial charge < -0.3 is 10.2 Å². The number of rotatable bonds is 3. The van der Waals surface area contributed by atoms with Gasteiger partial charge in [-0.15, -0.1) is 0 Å². The van der Waals surface area contributed by atoms with E-state index in [9.17, 15) is 14.0 Å². The number of hydrogen-bond donors (Lipinski definition) is 2. The number of aromatic nitrogens is 4. The van der Waals surface area contributed by atoms with E-state index in [0.717, 1.165) is 0 Å². The van der Waals surface area contributed by atoms with Crippen LogP contribution in [-0.4, -0.2) is 38.5 Å². The lowest BCUT2D eigenvalue weighted by atomic mass is 10.1. The number of nitrogens with one attached hydrogen (secondary N) is 2. The van der Waals surface area contributed by atoms with Crippen LogP contribution in [0.4, 0.5) is 10.2 Å². The number of nitriles is 1. The number of imidazole rings is 1. The van der Waals surface area contributed by atoms with Gasteiger partial charge in [-0.1, -0.05) is 12.1 Å². The number of hydrogen-bond acceptors (Lipinski definition) is 6. The van der Waals surface area contributed by atoms with E-state index in [1.54, 1.807) is 47.5 Å². The number of halogens is 1. The van der Waals surface area contributed by atoms with Crippen LogP contribution in [0.5, 0.6) is 0 Å². The van der Waals surface area contributed by atoms with Gasteiger partial charge in [0, 0.05) is 31.4 Å². The molecule has 0 radical (unpaired) electrons. The lowest BCUT2D eigenvalue weighted by Gasteiger charge is -2.24. The molecule has 3 aromatic heterocycles. The monoisotopic (exact) mass is 429 g/mol. The lowest BCUT2D eigenvalue weighted by molar-refractivity contribution is 0.0957. The number of nitrogens with zero attached hydrogens (tertiary/aromatic N) is 5. The van der Waals surface area contributed by atoms with E-state index in [2.05, 4.69) is 20.3 Å². The lowest BCUT2D eigenvalue weighted by Crippen LogP contribution is -2.30. The molecule has 4 heterocycles. The SMILES string of the molecule is N#Cc1cccc(CN2CCNC(=O)c3ccc(-n4c(=O)[nH]c5ncccc54)nc32)c1F. The average Bonchev–Trinajstić information content (AvgIpc) is 3.06. The molecule has 0 aliphatic carbocycles. The highest BCUT2D eigenvalue weighted by molar-refractivity contribution is 5.99. The molecule has 0 spiro atoms. The zero-order chi connectivity index (χ0) is 22.2. The molecule has 0 fully saturated rings. The minimum Gasteiger partial charge on any atom is -0.350 e. The van der Waals surface area contributed by atoms with Crippen molar-refractivity contribution in [1.82, 2.24) is 24.8 Å². The van der Waals surface area contributed by atoms with Crippen molar-refractivity contribution in [3.8, 4) is 11.9 Å². The minimum absolute atomic E-state index is 0.0497. The minimum atomic E-state index is -0.602. The number of pyridine rings is 2. The first-order valence-corrected chi connectivity index (χ1v) is 9.84. The fourth-order valence-electron chi connectivity index (χ4n) is 3.80. The zero-order valence-corrected chi connectivity index (χ0v) is 16.7. The Morgan fingerprint density at radius 3 is 2.88 bits per heavy atom. The van der Waals surface area contributed by atoms with Crippen molar-refractivity contribution in [2.45, 2.75) is 6.54 Å². The quantitative estimate of drug-likeness (QED) is 0.513. The first kappa shape index (κ1) is 19.4. The summed E-state index contributed by atoms with van der Waals surface area (Å²) < 4.78 is 16.1. The number of anilines is 1. The third kappa shape index (κ3) is 3.16. The maximum Gasteiger partial charge on any atom is 0.333 e. The predicted octanol–water partition coefficient (Wildman–Crippen LogP) is 1.87. The van der Waals surface area contributed by atoms with Crippen LogP contribution < -0.4 is 15.9 Å². The van der Waals surface area contributed by atoms with Crippen LogP contribution in [0.2, 0.25) is 0 Å². The molecule has 1 aliphatic heterocycles. The van der Waals surface area contributed by atoms with Gasteiger partial charge in [-0.25, -0.2) is 23.7 Å². The second-order valence-electron chi connectivity index (χ2n) is 7.25. The molecule has 5 rings (SSSR count). The summed E-state index contributed by atoms with van der Waals surface area (Å²) in [5.41, 5.74) is 1.12. The Bertz CT molecular complexity index is 1470. The number of aromatic amines is 1. The molecular weight excluding hydrogens is 413 g/mol. The number of carbonyl (C=O) groups is 1. The molecule has 158 valence electrons. The summed E-state index contributed by atoms with van der Waals surface area (Å²) in [6.45, 7) is 0.806. The average molecular weight is 429 g/mol. The van der Waals surface area contributed by atoms with E-state index in [1.807, 2.05) is 6.07 Å². The Kier molecular flexibility index (Phi) is 4.63. The van der Waals surface area contributed by atoms with Crippen molar-refractivity contribution in [3.63, 3.8) is 0 Å². The normalized spacial score (nSPS) is 13.4. The third-order valence-corrected chi connectivity index (χ3v) is 5.32. The van der Waals surface area contributed by atoms with Crippen molar-refractivity contribution < 1.29 is 9.18 Å². The number of benzene rings is 1. The third-order valence-electron chi connectivity index (χ3n) is 5.32. The first-order chi connectivity index (χ1) is 15.6. The Morgan fingerprint density at radius 2 is 2.03 bits per heavy atom. The summed E-state index contributed by atoms with van der Waals surface area (Å²) in [4.78, 5) is 38.4. The van der Waals surface area contributed by atoms with Crippen LogP contribution in [-0.2, 0) is 6.54 Å². The van der Waals surface area contributed by atoms with Gasteiger partial charge in [-0.2, -0.15) is 5.26 Å². The maximum absolute atomic E-state index is 14.7. The van der Waals surface area contributed by atoms with E-state index < -0.39 is 11.5 Å². The van der Waals surface area contributed by atoms with Crippen LogP contribution in [0, 0.1) is 17.1 Å². The highest BCUT2D eigenvalue weighted by Crippen LogP contribution is 2.25. The summed E-state index contributed by atoms with van der Waals surface area (Å²) in [6.07, 6.45) is 1.57. The fraction of sp³-hybridized carbons (Fsp3) is 0.136. The van der Waals surface area contributed by atoms with Crippen LogP contribution in [0.15, 0.2) is 53.5 Å². The Labute approximate surface area is 180 Å². The van der Waals surface area contributed by atoms with Crippen LogP contribution >= 0.6 is 0 Å². The molecule has 0 saturated carbocycles. The highest BCUT2D eigenvalue weighted by atomic mass is 19.1. The van der Waals surface area contributed by atoms with Gasteiger partial charge in [0.15, 0.2) is 5.65 Å². The van der Waals surface area contributed by atoms with E-state index in [0.29, 0.717) is 47.0 Å². The summed E-state index contributed by atoms with van der Waals surface area (Å²) >= 11 is 0. The van der Waals surface area contributed by atoms with E-state index in [1.165, 1.54) is 10.6 Å². The number of H-pyrrole nitrogens is 1. The largest absolute Gasteiger partial charge is 0.350 e. The summed E-state index contributed by atoms with van der Waals surface area (Å²) in [5, 5.41) is 11.9. The van der Waals surface area contributed by atoms with Gasteiger partial charge in [0.1, 0.15) is 23.5 Å². The van der Waals surface area contributed by atoms with E-state index in [4.69, 9.17) is 5.26 Å². The molecule has 1 aliphatic rings. The first-order valence-electron chi connectivity index (χ1n) is 9.84. The number of fused-ring (bicyclic) bond motifs is 2. The molecule has 0 bridgehead atoms. The summed E-state index contributed by atoms with van der Waals surface area (Å²) in [7, 11) is 0. The van der Waals surface area contributed by atoms with Gasteiger partial charge >= 0.3 is 5.69 Å². The summed E-state index contributed by atoms with van der Waals surface area (Å²) in [5.74, 6) is -0.278.